The fourth-order valence-corrected chi connectivity index (χ4v) is 3.55. The fourth-order valence-electron chi connectivity index (χ4n) is 3.55. The molecule has 17 heavy (non-hydrogen) atoms. The predicted molar refractivity (Wildman–Crippen MR) is 65.7 cm³/mol. The highest BCUT2D eigenvalue weighted by atomic mass is 16.5. The summed E-state index contributed by atoms with van der Waals surface area (Å²) < 4.78 is 11.3. The molecule has 2 fully saturated rings. The fraction of sp³-hybridized carbons (Fsp3) is 0.714. The summed E-state index contributed by atoms with van der Waals surface area (Å²) in [6.07, 6.45) is 3.38. The van der Waals surface area contributed by atoms with Crippen molar-refractivity contribution in [3.8, 4) is 0 Å². The lowest BCUT2D eigenvalue weighted by Gasteiger charge is -2.55. The Morgan fingerprint density at radius 3 is 3.00 bits per heavy atom. The summed E-state index contributed by atoms with van der Waals surface area (Å²) in [5.74, 6) is 1.70. The Morgan fingerprint density at radius 2 is 2.29 bits per heavy atom. The first kappa shape index (κ1) is 11.3. The van der Waals surface area contributed by atoms with Crippen LogP contribution >= 0.6 is 0 Å². The van der Waals surface area contributed by atoms with Gasteiger partial charge in [0.15, 0.2) is 0 Å². The summed E-state index contributed by atoms with van der Waals surface area (Å²) in [6, 6.07) is 4.79. The molecule has 0 radical (unpaired) electrons. The second-order valence-corrected chi connectivity index (χ2v) is 5.95. The van der Waals surface area contributed by atoms with E-state index >= 15 is 0 Å². The van der Waals surface area contributed by atoms with E-state index in [4.69, 9.17) is 9.15 Å². The van der Waals surface area contributed by atoms with Crippen LogP contribution in [0.15, 0.2) is 22.8 Å². The molecule has 0 bridgehead atoms. The van der Waals surface area contributed by atoms with Gasteiger partial charge in [-0.2, -0.15) is 0 Å². The normalized spacial score (nSPS) is 36.3. The molecule has 3 unspecified atom stereocenters. The molecule has 3 heteroatoms. The first-order valence-electron chi connectivity index (χ1n) is 6.52. The van der Waals surface area contributed by atoms with Gasteiger partial charge in [-0.15, -0.1) is 0 Å². The second kappa shape index (κ2) is 3.85. The van der Waals surface area contributed by atoms with Gasteiger partial charge in [-0.25, -0.2) is 0 Å². The molecule has 1 saturated heterocycles. The molecule has 1 aliphatic carbocycles. The van der Waals surface area contributed by atoms with Crippen LogP contribution in [0.3, 0.4) is 0 Å². The minimum Gasteiger partial charge on any atom is -0.468 e. The molecule has 1 aliphatic heterocycles. The molecule has 1 saturated carbocycles. The quantitative estimate of drug-likeness (QED) is 0.874. The van der Waals surface area contributed by atoms with Gasteiger partial charge < -0.3 is 14.5 Å². The maximum absolute atomic E-state index is 5.81. The molecule has 2 aliphatic rings. The predicted octanol–water partition coefficient (Wildman–Crippen LogP) is 2.74. The van der Waals surface area contributed by atoms with Crippen molar-refractivity contribution >= 4 is 0 Å². The molecule has 1 N–H and O–H groups in total. The molecule has 1 aromatic rings. The first-order valence-corrected chi connectivity index (χ1v) is 6.52. The van der Waals surface area contributed by atoms with E-state index < -0.39 is 0 Å². The molecule has 3 rings (SSSR count). The topological polar surface area (TPSA) is 34.4 Å². The monoisotopic (exact) mass is 235 g/mol. The number of furan rings is 1. The standard InChI is InChI=1S/C14H21NO2/c1-9(11-5-4-7-16-11)15-12-10-6-8-17-13(10)14(12,2)3/h4-5,7,9-10,12-13,15H,6,8H2,1-3H3/t9-,10?,12?,13?/m0/s1. The lowest BCUT2D eigenvalue weighted by atomic mass is 9.57. The number of hydrogen-bond acceptors (Lipinski definition) is 3. The molecular weight excluding hydrogens is 214 g/mol. The zero-order valence-electron chi connectivity index (χ0n) is 10.8. The summed E-state index contributed by atoms with van der Waals surface area (Å²) >= 11 is 0. The maximum Gasteiger partial charge on any atom is 0.120 e. The van der Waals surface area contributed by atoms with Gasteiger partial charge in [0.05, 0.1) is 18.4 Å². The summed E-state index contributed by atoms with van der Waals surface area (Å²) in [5.41, 5.74) is 0.238. The molecule has 3 nitrogen and oxygen atoms in total. The molecule has 1 aromatic heterocycles. The number of fused-ring (bicyclic) bond motifs is 1. The van der Waals surface area contributed by atoms with E-state index in [0.717, 1.165) is 12.4 Å². The Kier molecular flexibility index (Phi) is 2.56. The Morgan fingerprint density at radius 1 is 1.47 bits per heavy atom. The zero-order chi connectivity index (χ0) is 12.0. The van der Waals surface area contributed by atoms with Crippen molar-refractivity contribution in [2.45, 2.75) is 45.4 Å². The van der Waals surface area contributed by atoms with Crippen LogP contribution in [0.2, 0.25) is 0 Å². The third kappa shape index (κ3) is 1.64. The summed E-state index contributed by atoms with van der Waals surface area (Å²) in [6.45, 7) is 7.68. The molecule has 0 spiro atoms. The van der Waals surface area contributed by atoms with E-state index in [9.17, 15) is 0 Å². The number of ether oxygens (including phenoxy) is 1. The molecule has 0 aromatic carbocycles. The van der Waals surface area contributed by atoms with Gasteiger partial charge in [-0.05, 0) is 25.5 Å². The molecular formula is C14H21NO2. The van der Waals surface area contributed by atoms with E-state index in [1.807, 2.05) is 12.1 Å². The zero-order valence-corrected chi connectivity index (χ0v) is 10.8. The SMILES string of the molecule is C[C@H](NC1C2CCOC2C1(C)C)c1ccco1. The van der Waals surface area contributed by atoms with Gasteiger partial charge in [-0.1, -0.05) is 13.8 Å². The second-order valence-electron chi connectivity index (χ2n) is 5.95. The van der Waals surface area contributed by atoms with Crippen LogP contribution in [0.25, 0.3) is 0 Å². The van der Waals surface area contributed by atoms with E-state index in [-0.39, 0.29) is 11.5 Å². The Labute approximate surface area is 103 Å². The van der Waals surface area contributed by atoms with Crippen LogP contribution in [-0.2, 0) is 4.74 Å². The van der Waals surface area contributed by atoms with Crippen molar-refractivity contribution in [1.82, 2.24) is 5.32 Å². The summed E-state index contributed by atoms with van der Waals surface area (Å²) in [7, 11) is 0. The smallest absolute Gasteiger partial charge is 0.120 e. The van der Waals surface area contributed by atoms with Crippen LogP contribution in [0.4, 0.5) is 0 Å². The Bertz CT molecular complexity index is 385. The first-order chi connectivity index (χ1) is 8.10. The highest BCUT2D eigenvalue weighted by molar-refractivity contribution is 5.13. The minimum absolute atomic E-state index is 0.238. The average Bonchev–Trinajstić information content (AvgIpc) is 2.95. The van der Waals surface area contributed by atoms with Crippen molar-refractivity contribution in [2.24, 2.45) is 11.3 Å². The van der Waals surface area contributed by atoms with Gasteiger partial charge in [-0.3, -0.25) is 0 Å². The maximum atomic E-state index is 5.81. The lowest BCUT2D eigenvalue weighted by molar-refractivity contribution is -0.115. The van der Waals surface area contributed by atoms with Crippen LogP contribution < -0.4 is 5.32 Å². The van der Waals surface area contributed by atoms with E-state index in [0.29, 0.717) is 18.1 Å². The van der Waals surface area contributed by atoms with E-state index in [1.165, 1.54) is 6.42 Å². The van der Waals surface area contributed by atoms with Crippen molar-refractivity contribution in [3.63, 3.8) is 0 Å². The highest BCUT2D eigenvalue weighted by Gasteiger charge is 2.59. The third-order valence-corrected chi connectivity index (χ3v) is 4.50. The summed E-state index contributed by atoms with van der Waals surface area (Å²) in [5, 5.41) is 3.71. The van der Waals surface area contributed by atoms with Crippen molar-refractivity contribution < 1.29 is 9.15 Å². The third-order valence-electron chi connectivity index (χ3n) is 4.50. The molecule has 2 heterocycles. The number of rotatable bonds is 3. The van der Waals surface area contributed by atoms with Gasteiger partial charge in [0, 0.05) is 24.0 Å². The largest absolute Gasteiger partial charge is 0.468 e. The van der Waals surface area contributed by atoms with Gasteiger partial charge in [0.1, 0.15) is 5.76 Å². The molecule has 94 valence electrons. The molecule has 4 atom stereocenters. The average molecular weight is 235 g/mol. The van der Waals surface area contributed by atoms with Crippen molar-refractivity contribution in [3.05, 3.63) is 24.2 Å². The lowest BCUT2D eigenvalue weighted by Crippen LogP contribution is -2.66. The Hall–Kier alpha value is -0.800. The van der Waals surface area contributed by atoms with Crippen LogP contribution in [-0.4, -0.2) is 18.8 Å². The van der Waals surface area contributed by atoms with Crippen LogP contribution in [0.5, 0.6) is 0 Å². The van der Waals surface area contributed by atoms with Gasteiger partial charge in [0.25, 0.3) is 0 Å². The number of nitrogens with one attached hydrogen (secondary N) is 1. The highest BCUT2D eigenvalue weighted by Crippen LogP contribution is 2.52. The van der Waals surface area contributed by atoms with Crippen LogP contribution in [0.1, 0.15) is 39.0 Å². The van der Waals surface area contributed by atoms with E-state index in [2.05, 4.69) is 26.1 Å². The molecule has 0 amide bonds. The van der Waals surface area contributed by atoms with Gasteiger partial charge in [0.2, 0.25) is 0 Å². The van der Waals surface area contributed by atoms with E-state index in [1.54, 1.807) is 6.26 Å². The van der Waals surface area contributed by atoms with Crippen LogP contribution in [0, 0.1) is 11.3 Å². The minimum atomic E-state index is 0.238. The van der Waals surface area contributed by atoms with Gasteiger partial charge >= 0.3 is 0 Å². The van der Waals surface area contributed by atoms with Crippen molar-refractivity contribution in [2.75, 3.05) is 6.61 Å². The Balaban J connectivity index is 1.69. The van der Waals surface area contributed by atoms with Crippen molar-refractivity contribution in [1.29, 1.82) is 0 Å². The summed E-state index contributed by atoms with van der Waals surface area (Å²) in [4.78, 5) is 0. The number of hydrogen-bond donors (Lipinski definition) is 1.